The van der Waals surface area contributed by atoms with Gasteiger partial charge in [-0.15, -0.1) is 0 Å². The van der Waals surface area contributed by atoms with E-state index in [2.05, 4.69) is 0 Å². The topological polar surface area (TPSA) is 64.7 Å². The Morgan fingerprint density at radius 2 is 2.00 bits per heavy atom. The van der Waals surface area contributed by atoms with E-state index in [0.717, 1.165) is 5.56 Å². The fourth-order valence-electron chi connectivity index (χ4n) is 1.62. The number of rotatable bonds is 8. The lowest BCUT2D eigenvalue weighted by Gasteiger charge is -2.28. The van der Waals surface area contributed by atoms with Gasteiger partial charge in [0.2, 0.25) is 0 Å². The fraction of sp³-hybridized carbons (Fsp3) is 0.571. The molecular formula is C14H23NO3. The van der Waals surface area contributed by atoms with Gasteiger partial charge in [-0.2, -0.15) is 0 Å². The van der Waals surface area contributed by atoms with Crippen molar-refractivity contribution in [3.63, 3.8) is 0 Å². The van der Waals surface area contributed by atoms with E-state index < -0.39 is 5.60 Å². The molecular weight excluding hydrogens is 230 g/mol. The fourth-order valence-corrected chi connectivity index (χ4v) is 1.62. The highest BCUT2D eigenvalue weighted by molar-refractivity contribution is 5.22. The normalized spacial score (nSPS) is 16.2. The molecule has 0 saturated heterocycles. The molecule has 4 nitrogen and oxygen atoms in total. The van der Waals surface area contributed by atoms with E-state index in [1.54, 1.807) is 0 Å². The van der Waals surface area contributed by atoms with Crippen LogP contribution >= 0.6 is 0 Å². The smallest absolute Gasteiger partial charge is 0.125 e. The van der Waals surface area contributed by atoms with Crippen LogP contribution in [0.3, 0.4) is 0 Å². The van der Waals surface area contributed by atoms with Gasteiger partial charge in [-0.05, 0) is 19.4 Å². The van der Waals surface area contributed by atoms with Gasteiger partial charge in [0.05, 0.1) is 19.3 Å². The number of hydrogen-bond acceptors (Lipinski definition) is 4. The lowest BCUT2D eigenvalue weighted by Crippen LogP contribution is -2.41. The van der Waals surface area contributed by atoms with Crippen LogP contribution in [0.1, 0.15) is 19.4 Å². The summed E-state index contributed by atoms with van der Waals surface area (Å²) in [6, 6.07) is 9.35. The van der Waals surface area contributed by atoms with Crippen molar-refractivity contribution in [1.29, 1.82) is 0 Å². The molecule has 3 N–H and O–H groups in total. The van der Waals surface area contributed by atoms with Crippen LogP contribution in [0.2, 0.25) is 0 Å². The van der Waals surface area contributed by atoms with E-state index in [1.165, 1.54) is 0 Å². The second kappa shape index (κ2) is 7.48. The molecule has 0 bridgehead atoms. The summed E-state index contributed by atoms with van der Waals surface area (Å²) in [6.07, 6.45) is -0.0632. The van der Waals surface area contributed by atoms with Gasteiger partial charge in [0, 0.05) is 13.2 Å². The molecule has 2 atom stereocenters. The lowest BCUT2D eigenvalue weighted by atomic mass is 9.95. The van der Waals surface area contributed by atoms with Crippen molar-refractivity contribution in [3.8, 4) is 0 Å². The van der Waals surface area contributed by atoms with Crippen molar-refractivity contribution in [2.24, 2.45) is 5.73 Å². The molecule has 0 radical (unpaired) electrons. The van der Waals surface area contributed by atoms with Crippen LogP contribution in [0.5, 0.6) is 0 Å². The molecule has 4 heteroatoms. The monoisotopic (exact) mass is 253 g/mol. The van der Waals surface area contributed by atoms with Crippen LogP contribution in [0.4, 0.5) is 0 Å². The standard InChI is InChI=1S/C14H23NO3/c1-3-17-9-12(2)18-11-14(16,10-15)13-7-5-4-6-8-13/h4-8,12,16H,3,9-11,15H2,1-2H3. The van der Waals surface area contributed by atoms with Crippen LogP contribution in [0, 0.1) is 0 Å². The third-order valence-corrected chi connectivity index (χ3v) is 2.81. The molecule has 1 aromatic rings. The first-order chi connectivity index (χ1) is 8.62. The molecule has 102 valence electrons. The minimum atomic E-state index is -1.14. The molecule has 0 spiro atoms. The summed E-state index contributed by atoms with van der Waals surface area (Å²) in [6.45, 7) is 5.32. The Bertz CT molecular complexity index is 331. The Labute approximate surface area is 109 Å². The average Bonchev–Trinajstić information content (AvgIpc) is 2.43. The maximum Gasteiger partial charge on any atom is 0.125 e. The number of ether oxygens (including phenoxy) is 2. The summed E-state index contributed by atoms with van der Waals surface area (Å²) in [5, 5.41) is 10.5. The number of aliphatic hydroxyl groups is 1. The molecule has 18 heavy (non-hydrogen) atoms. The van der Waals surface area contributed by atoms with E-state index in [4.69, 9.17) is 15.2 Å². The summed E-state index contributed by atoms with van der Waals surface area (Å²) in [7, 11) is 0. The van der Waals surface area contributed by atoms with Gasteiger partial charge < -0.3 is 20.3 Å². The van der Waals surface area contributed by atoms with Crippen molar-refractivity contribution < 1.29 is 14.6 Å². The van der Waals surface area contributed by atoms with Crippen LogP contribution in [0.25, 0.3) is 0 Å². The summed E-state index contributed by atoms with van der Waals surface area (Å²) in [5.41, 5.74) is 5.30. The van der Waals surface area contributed by atoms with Gasteiger partial charge >= 0.3 is 0 Å². The zero-order valence-corrected chi connectivity index (χ0v) is 11.1. The highest BCUT2D eigenvalue weighted by Gasteiger charge is 2.28. The predicted molar refractivity (Wildman–Crippen MR) is 71.3 cm³/mol. The van der Waals surface area contributed by atoms with E-state index in [-0.39, 0.29) is 19.3 Å². The first-order valence-corrected chi connectivity index (χ1v) is 6.29. The van der Waals surface area contributed by atoms with Crippen molar-refractivity contribution in [2.75, 3.05) is 26.4 Å². The van der Waals surface area contributed by atoms with Crippen molar-refractivity contribution >= 4 is 0 Å². The summed E-state index contributed by atoms with van der Waals surface area (Å²) >= 11 is 0. The number of benzene rings is 1. The molecule has 0 heterocycles. The SMILES string of the molecule is CCOCC(C)OCC(O)(CN)c1ccccc1. The maximum absolute atomic E-state index is 10.5. The van der Waals surface area contributed by atoms with Gasteiger partial charge in [0.1, 0.15) is 5.60 Å². The van der Waals surface area contributed by atoms with Crippen molar-refractivity contribution in [3.05, 3.63) is 35.9 Å². The van der Waals surface area contributed by atoms with Gasteiger partial charge in [-0.3, -0.25) is 0 Å². The molecule has 0 amide bonds. The van der Waals surface area contributed by atoms with Crippen molar-refractivity contribution in [1.82, 2.24) is 0 Å². The minimum Gasteiger partial charge on any atom is -0.381 e. The quantitative estimate of drug-likeness (QED) is 0.732. The molecule has 0 fully saturated rings. The third-order valence-electron chi connectivity index (χ3n) is 2.81. The Kier molecular flexibility index (Phi) is 6.29. The number of hydrogen-bond donors (Lipinski definition) is 2. The molecule has 0 saturated carbocycles. The highest BCUT2D eigenvalue weighted by atomic mass is 16.5. The number of nitrogens with two attached hydrogens (primary N) is 1. The summed E-state index contributed by atoms with van der Waals surface area (Å²) in [5.74, 6) is 0. The van der Waals surface area contributed by atoms with Gasteiger partial charge in [0.25, 0.3) is 0 Å². The third kappa shape index (κ3) is 4.38. The molecule has 2 unspecified atom stereocenters. The molecule has 0 aliphatic heterocycles. The highest BCUT2D eigenvalue weighted by Crippen LogP contribution is 2.20. The second-order valence-corrected chi connectivity index (χ2v) is 4.38. The molecule has 0 aliphatic rings. The lowest BCUT2D eigenvalue weighted by molar-refractivity contribution is -0.0856. The second-order valence-electron chi connectivity index (χ2n) is 4.38. The molecule has 0 aliphatic carbocycles. The predicted octanol–water partition coefficient (Wildman–Crippen LogP) is 1.27. The van der Waals surface area contributed by atoms with Crippen LogP contribution in [-0.4, -0.2) is 37.6 Å². The van der Waals surface area contributed by atoms with Crippen LogP contribution < -0.4 is 5.73 Å². The first-order valence-electron chi connectivity index (χ1n) is 6.29. The van der Waals surface area contributed by atoms with Gasteiger partial charge in [0.15, 0.2) is 0 Å². The Hall–Kier alpha value is -0.940. The average molecular weight is 253 g/mol. The van der Waals surface area contributed by atoms with E-state index in [0.29, 0.717) is 13.2 Å². The van der Waals surface area contributed by atoms with E-state index >= 15 is 0 Å². The van der Waals surface area contributed by atoms with Gasteiger partial charge in [-0.25, -0.2) is 0 Å². The van der Waals surface area contributed by atoms with Crippen LogP contribution in [-0.2, 0) is 15.1 Å². The van der Waals surface area contributed by atoms with Crippen molar-refractivity contribution in [2.45, 2.75) is 25.6 Å². The molecule has 0 aromatic heterocycles. The van der Waals surface area contributed by atoms with Crippen LogP contribution in [0.15, 0.2) is 30.3 Å². The zero-order chi connectivity index (χ0) is 13.4. The summed E-state index contributed by atoms with van der Waals surface area (Å²) in [4.78, 5) is 0. The first kappa shape index (κ1) is 15.1. The largest absolute Gasteiger partial charge is 0.381 e. The minimum absolute atomic E-state index is 0.0632. The van der Waals surface area contributed by atoms with Gasteiger partial charge in [-0.1, -0.05) is 30.3 Å². The molecule has 1 aromatic carbocycles. The Morgan fingerprint density at radius 1 is 1.33 bits per heavy atom. The molecule has 1 rings (SSSR count). The zero-order valence-electron chi connectivity index (χ0n) is 11.1. The van der Waals surface area contributed by atoms with E-state index in [1.807, 2.05) is 44.2 Å². The Balaban J connectivity index is 2.56. The maximum atomic E-state index is 10.5. The van der Waals surface area contributed by atoms with E-state index in [9.17, 15) is 5.11 Å². The summed E-state index contributed by atoms with van der Waals surface area (Å²) < 4.78 is 10.9. The Morgan fingerprint density at radius 3 is 2.56 bits per heavy atom.